The number of ether oxygens (including phenoxy) is 1. The fraction of sp³-hybridized carbons (Fsp3) is 0.300. The van der Waals surface area contributed by atoms with Crippen LogP contribution in [0.4, 0.5) is 4.39 Å². The number of aromatic nitrogens is 6. The van der Waals surface area contributed by atoms with E-state index in [-0.39, 0.29) is 0 Å². The Morgan fingerprint density at radius 2 is 2.04 bits per heavy atom. The molecule has 0 aliphatic rings. The molecule has 0 atom stereocenters. The van der Waals surface area contributed by atoms with E-state index in [0.717, 1.165) is 23.1 Å². The van der Waals surface area contributed by atoms with Gasteiger partial charge in [0.1, 0.15) is 12.0 Å². The van der Waals surface area contributed by atoms with Crippen molar-refractivity contribution in [3.8, 4) is 5.88 Å². The summed E-state index contributed by atoms with van der Waals surface area (Å²) >= 11 is 0. The van der Waals surface area contributed by atoms with Gasteiger partial charge in [-0.25, -0.2) is 15.0 Å². The van der Waals surface area contributed by atoms with Gasteiger partial charge in [-0.15, -0.1) is 0 Å². The van der Waals surface area contributed by atoms with Crippen LogP contribution in [0.2, 0.25) is 0 Å². The molecule has 0 radical (unpaired) electrons. The number of halogens is 1. The second kappa shape index (κ2) is 7.75. The highest BCUT2D eigenvalue weighted by Gasteiger charge is 2.15. The Morgan fingerprint density at radius 1 is 1.14 bits per heavy atom. The van der Waals surface area contributed by atoms with E-state index in [2.05, 4.69) is 25.0 Å². The number of nitrogens with zero attached hydrogens (tertiary/aromatic N) is 5. The number of aromatic amines is 1. The third-order valence-corrected chi connectivity index (χ3v) is 4.56. The molecule has 0 saturated carbocycles. The number of fused-ring (bicyclic) bond motifs is 1. The lowest BCUT2D eigenvalue weighted by Gasteiger charge is -2.07. The first-order chi connectivity index (χ1) is 13.7. The summed E-state index contributed by atoms with van der Waals surface area (Å²) in [4.78, 5) is 15.6. The van der Waals surface area contributed by atoms with E-state index >= 15 is 0 Å². The molecule has 1 N–H and O–H groups in total. The molecule has 4 rings (SSSR count). The van der Waals surface area contributed by atoms with E-state index in [1.807, 2.05) is 37.0 Å². The molecule has 0 fully saturated rings. The van der Waals surface area contributed by atoms with Gasteiger partial charge in [-0.1, -0.05) is 6.07 Å². The first kappa shape index (κ1) is 18.1. The number of nitrogens with one attached hydrogen (secondary N) is 1. The van der Waals surface area contributed by atoms with Crippen molar-refractivity contribution in [3.63, 3.8) is 0 Å². The van der Waals surface area contributed by atoms with E-state index in [0.29, 0.717) is 42.2 Å². The first-order valence-electron chi connectivity index (χ1n) is 9.27. The Bertz CT molecular complexity index is 1100. The lowest BCUT2D eigenvalue weighted by molar-refractivity contribution is 0.330. The maximum atomic E-state index is 14.7. The predicted octanol–water partition coefficient (Wildman–Crippen LogP) is 3.29. The molecule has 4 aromatic rings. The monoisotopic (exact) mass is 380 g/mol. The minimum atomic E-state index is -0.468. The van der Waals surface area contributed by atoms with Crippen molar-refractivity contribution in [2.75, 3.05) is 6.61 Å². The molecule has 4 aromatic heterocycles. The SMILES string of the molecule is CCOc1ncnc2[nH]cc(Cc3ccc(Cc4cnn(CC)c4)nc3F)c12. The van der Waals surface area contributed by atoms with Crippen LogP contribution in [0.25, 0.3) is 11.0 Å². The summed E-state index contributed by atoms with van der Waals surface area (Å²) in [7, 11) is 0. The maximum Gasteiger partial charge on any atom is 0.226 e. The summed E-state index contributed by atoms with van der Waals surface area (Å²) < 4.78 is 22.1. The summed E-state index contributed by atoms with van der Waals surface area (Å²) in [5.74, 6) is 0.0335. The molecule has 0 bridgehead atoms. The van der Waals surface area contributed by atoms with Crippen molar-refractivity contribution in [2.45, 2.75) is 33.2 Å². The molecule has 7 nitrogen and oxygen atoms in total. The number of H-pyrrole nitrogens is 1. The first-order valence-corrected chi connectivity index (χ1v) is 9.27. The standard InChI is InChI=1S/C20H21FN6O/c1-3-27-11-13(9-25-27)7-16-6-5-14(18(21)26-16)8-15-10-22-19-17(15)20(28-4-2)24-12-23-19/h5-6,9-12H,3-4,7-8H2,1-2H3,(H,22,23,24). The van der Waals surface area contributed by atoms with Gasteiger partial charge in [0.2, 0.25) is 11.8 Å². The number of hydrogen-bond acceptors (Lipinski definition) is 5. The highest BCUT2D eigenvalue weighted by atomic mass is 19.1. The van der Waals surface area contributed by atoms with Crippen LogP contribution >= 0.6 is 0 Å². The number of hydrogen-bond donors (Lipinski definition) is 1. The number of aryl methyl sites for hydroxylation is 1. The third kappa shape index (κ3) is 3.58. The van der Waals surface area contributed by atoms with Crippen LogP contribution < -0.4 is 4.74 Å². The maximum absolute atomic E-state index is 14.7. The summed E-state index contributed by atoms with van der Waals surface area (Å²) in [6.45, 7) is 5.22. The fourth-order valence-electron chi connectivity index (χ4n) is 3.20. The zero-order valence-electron chi connectivity index (χ0n) is 15.8. The third-order valence-electron chi connectivity index (χ3n) is 4.56. The van der Waals surface area contributed by atoms with E-state index in [1.54, 1.807) is 12.3 Å². The molecule has 0 amide bonds. The molecule has 8 heteroatoms. The minimum absolute atomic E-state index is 0.375. The average Bonchev–Trinajstić information content (AvgIpc) is 3.32. The van der Waals surface area contributed by atoms with Crippen molar-refractivity contribution in [1.29, 1.82) is 0 Å². The normalized spacial score (nSPS) is 11.2. The Balaban J connectivity index is 1.58. The van der Waals surface area contributed by atoms with E-state index in [9.17, 15) is 4.39 Å². The molecule has 0 aliphatic carbocycles. The Kier molecular flexibility index (Phi) is 5.01. The molecule has 0 aliphatic heterocycles. The van der Waals surface area contributed by atoms with Crippen LogP contribution in [0.15, 0.2) is 37.1 Å². The second-order valence-electron chi connectivity index (χ2n) is 6.46. The zero-order valence-corrected chi connectivity index (χ0v) is 15.8. The van der Waals surface area contributed by atoms with Gasteiger partial charge in [-0.05, 0) is 31.0 Å². The van der Waals surface area contributed by atoms with Gasteiger partial charge < -0.3 is 9.72 Å². The quantitative estimate of drug-likeness (QED) is 0.498. The fourth-order valence-corrected chi connectivity index (χ4v) is 3.20. The predicted molar refractivity (Wildman–Crippen MR) is 103 cm³/mol. The topological polar surface area (TPSA) is 81.5 Å². The van der Waals surface area contributed by atoms with Gasteiger partial charge in [0.05, 0.1) is 18.2 Å². The van der Waals surface area contributed by atoms with Crippen molar-refractivity contribution >= 4 is 11.0 Å². The smallest absolute Gasteiger partial charge is 0.226 e. The molecule has 144 valence electrons. The minimum Gasteiger partial charge on any atom is -0.477 e. The molecule has 0 saturated heterocycles. The summed E-state index contributed by atoms with van der Waals surface area (Å²) in [6, 6.07) is 3.64. The van der Waals surface area contributed by atoms with Crippen LogP contribution in [-0.4, -0.2) is 36.3 Å². The molecule has 4 heterocycles. The highest BCUT2D eigenvalue weighted by Crippen LogP contribution is 2.27. The van der Waals surface area contributed by atoms with Crippen LogP contribution in [-0.2, 0) is 19.4 Å². The lowest BCUT2D eigenvalue weighted by atomic mass is 10.1. The Morgan fingerprint density at radius 3 is 2.79 bits per heavy atom. The number of pyridine rings is 1. The number of rotatable bonds is 7. The molecular weight excluding hydrogens is 359 g/mol. The largest absolute Gasteiger partial charge is 0.477 e. The van der Waals surface area contributed by atoms with Crippen LogP contribution in [0.3, 0.4) is 0 Å². The van der Waals surface area contributed by atoms with Gasteiger partial charge in [0.15, 0.2) is 0 Å². The van der Waals surface area contributed by atoms with Crippen LogP contribution in [0.1, 0.15) is 36.2 Å². The van der Waals surface area contributed by atoms with Gasteiger partial charge in [0.25, 0.3) is 0 Å². The van der Waals surface area contributed by atoms with Gasteiger partial charge >= 0.3 is 0 Å². The van der Waals surface area contributed by atoms with Crippen molar-refractivity contribution < 1.29 is 9.13 Å². The van der Waals surface area contributed by atoms with Crippen molar-refractivity contribution in [2.24, 2.45) is 0 Å². The summed E-state index contributed by atoms with van der Waals surface area (Å²) in [5.41, 5.74) is 3.74. The second-order valence-corrected chi connectivity index (χ2v) is 6.46. The van der Waals surface area contributed by atoms with Crippen molar-refractivity contribution in [3.05, 3.63) is 65.4 Å². The highest BCUT2D eigenvalue weighted by molar-refractivity contribution is 5.85. The van der Waals surface area contributed by atoms with E-state index in [4.69, 9.17) is 4.74 Å². The van der Waals surface area contributed by atoms with Gasteiger partial charge in [0, 0.05) is 43.0 Å². The molecule has 0 aromatic carbocycles. The van der Waals surface area contributed by atoms with Gasteiger partial charge in [-0.3, -0.25) is 4.68 Å². The van der Waals surface area contributed by atoms with Crippen LogP contribution in [0.5, 0.6) is 5.88 Å². The molecule has 0 unspecified atom stereocenters. The average molecular weight is 380 g/mol. The van der Waals surface area contributed by atoms with Crippen LogP contribution in [0, 0.1) is 5.95 Å². The Hall–Kier alpha value is -3.29. The molecule has 28 heavy (non-hydrogen) atoms. The van der Waals surface area contributed by atoms with E-state index < -0.39 is 5.95 Å². The molecule has 0 spiro atoms. The van der Waals surface area contributed by atoms with Gasteiger partial charge in [-0.2, -0.15) is 9.49 Å². The Labute approximate surface area is 161 Å². The zero-order chi connectivity index (χ0) is 19.5. The van der Waals surface area contributed by atoms with Crippen molar-refractivity contribution in [1.82, 2.24) is 29.7 Å². The summed E-state index contributed by atoms with van der Waals surface area (Å²) in [6.07, 6.45) is 7.93. The lowest BCUT2D eigenvalue weighted by Crippen LogP contribution is -2.01. The summed E-state index contributed by atoms with van der Waals surface area (Å²) in [5, 5.41) is 5.02. The van der Waals surface area contributed by atoms with E-state index in [1.165, 1.54) is 6.33 Å². The molecular formula is C20H21FN6O.